The predicted molar refractivity (Wildman–Crippen MR) is 71.0 cm³/mol. The minimum atomic E-state index is -1.03. The van der Waals surface area contributed by atoms with Crippen molar-refractivity contribution in [3.63, 3.8) is 0 Å². The molecule has 0 saturated heterocycles. The second-order valence-electron chi connectivity index (χ2n) is 4.09. The van der Waals surface area contributed by atoms with Crippen molar-refractivity contribution in [3.8, 4) is 5.69 Å². The minimum absolute atomic E-state index is 0.124. The Balaban J connectivity index is 2.55. The van der Waals surface area contributed by atoms with E-state index in [1.807, 2.05) is 19.1 Å². The van der Waals surface area contributed by atoms with E-state index >= 15 is 0 Å². The van der Waals surface area contributed by atoms with E-state index in [0.29, 0.717) is 16.4 Å². The van der Waals surface area contributed by atoms with Crippen molar-refractivity contribution >= 4 is 17.6 Å². The Morgan fingerprint density at radius 2 is 2.26 bits per heavy atom. The lowest BCUT2D eigenvalue weighted by molar-refractivity contribution is 0.0691. The van der Waals surface area contributed by atoms with Crippen LogP contribution in [0.5, 0.6) is 0 Å². The van der Waals surface area contributed by atoms with Crippen molar-refractivity contribution in [1.29, 1.82) is 0 Å². The molecule has 0 aliphatic carbocycles. The smallest absolute Gasteiger partial charge is 0.339 e. The van der Waals surface area contributed by atoms with Gasteiger partial charge in [0.15, 0.2) is 0 Å². The summed E-state index contributed by atoms with van der Waals surface area (Å²) in [6.07, 6.45) is 1.31. The number of hydrogen-bond donors (Lipinski definition) is 1. The summed E-state index contributed by atoms with van der Waals surface area (Å²) in [5, 5.41) is 13.8. The lowest BCUT2D eigenvalue weighted by Gasteiger charge is -2.09. The fourth-order valence-electron chi connectivity index (χ4n) is 1.76. The van der Waals surface area contributed by atoms with Crippen LogP contribution in [0.1, 0.15) is 21.6 Å². The standard InChI is InChI=1S/C13H13ClN2O3/c1-8-3-4-9(5-11(8)14)16-12(7-19-2)10(6-15-16)13(17)18/h3-6H,7H2,1-2H3,(H,17,18). The SMILES string of the molecule is COCc1c(C(=O)O)cnn1-c1ccc(C)c(Cl)c1. The van der Waals surface area contributed by atoms with Crippen LogP contribution in [0.3, 0.4) is 0 Å². The molecule has 2 aromatic rings. The first-order valence-corrected chi connectivity index (χ1v) is 5.98. The topological polar surface area (TPSA) is 64.3 Å². The lowest BCUT2D eigenvalue weighted by atomic mass is 10.2. The number of hydrogen-bond acceptors (Lipinski definition) is 3. The summed E-state index contributed by atoms with van der Waals surface area (Å²) in [6, 6.07) is 5.43. The Hall–Kier alpha value is -1.85. The molecule has 0 aliphatic rings. The van der Waals surface area contributed by atoms with Gasteiger partial charge < -0.3 is 9.84 Å². The number of benzene rings is 1. The third-order valence-corrected chi connectivity index (χ3v) is 3.19. The third-order valence-electron chi connectivity index (χ3n) is 2.78. The summed E-state index contributed by atoms with van der Waals surface area (Å²) < 4.78 is 6.56. The Labute approximate surface area is 115 Å². The van der Waals surface area contributed by atoms with E-state index in [0.717, 1.165) is 5.56 Å². The molecule has 0 spiro atoms. The predicted octanol–water partition coefficient (Wildman–Crippen LogP) is 2.68. The second kappa shape index (κ2) is 5.42. The molecule has 0 saturated carbocycles. The number of aromatic carboxylic acids is 1. The number of aryl methyl sites for hydroxylation is 1. The van der Waals surface area contributed by atoms with Gasteiger partial charge in [-0.25, -0.2) is 9.48 Å². The van der Waals surface area contributed by atoms with Gasteiger partial charge in [0.2, 0.25) is 0 Å². The van der Waals surface area contributed by atoms with E-state index in [1.54, 1.807) is 6.07 Å². The van der Waals surface area contributed by atoms with Crippen LogP contribution in [0.25, 0.3) is 5.69 Å². The molecule has 0 atom stereocenters. The molecule has 19 heavy (non-hydrogen) atoms. The first-order valence-electron chi connectivity index (χ1n) is 5.60. The lowest BCUT2D eigenvalue weighted by Crippen LogP contribution is -2.07. The van der Waals surface area contributed by atoms with Gasteiger partial charge in [-0.1, -0.05) is 17.7 Å². The summed E-state index contributed by atoms with van der Waals surface area (Å²) in [5.41, 5.74) is 2.26. The average molecular weight is 281 g/mol. The number of methoxy groups -OCH3 is 1. The number of carboxylic acids is 1. The molecular weight excluding hydrogens is 268 g/mol. The molecule has 0 aliphatic heterocycles. The summed E-state index contributed by atoms with van der Waals surface area (Å²) in [7, 11) is 1.51. The molecule has 1 aromatic carbocycles. The number of aromatic nitrogens is 2. The second-order valence-corrected chi connectivity index (χ2v) is 4.50. The van der Waals surface area contributed by atoms with Crippen molar-refractivity contribution in [2.24, 2.45) is 0 Å². The molecule has 1 N–H and O–H groups in total. The number of carboxylic acid groups (broad SMARTS) is 1. The van der Waals surface area contributed by atoms with Crippen molar-refractivity contribution < 1.29 is 14.6 Å². The molecule has 100 valence electrons. The molecule has 5 nitrogen and oxygen atoms in total. The van der Waals surface area contributed by atoms with Crippen molar-refractivity contribution in [2.45, 2.75) is 13.5 Å². The molecule has 1 aromatic heterocycles. The number of ether oxygens (including phenoxy) is 1. The third kappa shape index (κ3) is 2.62. The van der Waals surface area contributed by atoms with Gasteiger partial charge in [-0.05, 0) is 24.6 Å². The van der Waals surface area contributed by atoms with Gasteiger partial charge in [0, 0.05) is 12.1 Å². The maximum Gasteiger partial charge on any atom is 0.339 e. The molecule has 1 heterocycles. The number of nitrogens with zero attached hydrogens (tertiary/aromatic N) is 2. The number of rotatable bonds is 4. The molecule has 6 heteroatoms. The molecule has 0 radical (unpaired) electrons. The van der Waals surface area contributed by atoms with E-state index in [-0.39, 0.29) is 12.2 Å². The van der Waals surface area contributed by atoms with Crippen LogP contribution >= 0.6 is 11.6 Å². The van der Waals surface area contributed by atoms with Crippen molar-refractivity contribution in [3.05, 3.63) is 46.2 Å². The molecule has 0 fully saturated rings. The van der Waals surface area contributed by atoms with Crippen LogP contribution in [0.4, 0.5) is 0 Å². The number of carbonyl (C=O) groups is 1. The Morgan fingerprint density at radius 3 is 2.84 bits per heavy atom. The van der Waals surface area contributed by atoms with Gasteiger partial charge in [0.25, 0.3) is 0 Å². The van der Waals surface area contributed by atoms with Crippen LogP contribution < -0.4 is 0 Å². The van der Waals surface area contributed by atoms with Gasteiger partial charge in [-0.3, -0.25) is 0 Å². The highest BCUT2D eigenvalue weighted by atomic mass is 35.5. The van der Waals surface area contributed by atoms with E-state index < -0.39 is 5.97 Å². The summed E-state index contributed by atoms with van der Waals surface area (Å²) >= 11 is 6.07. The maximum absolute atomic E-state index is 11.1. The summed E-state index contributed by atoms with van der Waals surface area (Å²) in [5.74, 6) is -1.03. The molecule has 2 rings (SSSR count). The Kier molecular flexibility index (Phi) is 3.87. The molecule has 0 amide bonds. The normalized spacial score (nSPS) is 10.7. The van der Waals surface area contributed by atoms with E-state index in [4.69, 9.17) is 21.4 Å². The van der Waals surface area contributed by atoms with Crippen LogP contribution in [0.15, 0.2) is 24.4 Å². The van der Waals surface area contributed by atoms with Gasteiger partial charge >= 0.3 is 5.97 Å². The van der Waals surface area contributed by atoms with Crippen LogP contribution in [-0.2, 0) is 11.3 Å². The van der Waals surface area contributed by atoms with Crippen LogP contribution in [0, 0.1) is 6.92 Å². The highest BCUT2D eigenvalue weighted by molar-refractivity contribution is 6.31. The van der Waals surface area contributed by atoms with Gasteiger partial charge in [0.05, 0.1) is 24.2 Å². The Bertz CT molecular complexity index is 622. The Morgan fingerprint density at radius 1 is 1.53 bits per heavy atom. The number of halogens is 1. The van der Waals surface area contributed by atoms with Gasteiger partial charge in [0.1, 0.15) is 5.56 Å². The fraction of sp³-hybridized carbons (Fsp3) is 0.231. The van der Waals surface area contributed by atoms with E-state index in [2.05, 4.69) is 5.10 Å². The van der Waals surface area contributed by atoms with E-state index in [1.165, 1.54) is 18.0 Å². The van der Waals surface area contributed by atoms with E-state index in [9.17, 15) is 4.79 Å². The first kappa shape index (κ1) is 13.6. The largest absolute Gasteiger partial charge is 0.478 e. The molecule has 0 unspecified atom stereocenters. The zero-order valence-electron chi connectivity index (χ0n) is 10.6. The van der Waals surface area contributed by atoms with Crippen LogP contribution in [-0.4, -0.2) is 28.0 Å². The quantitative estimate of drug-likeness (QED) is 0.935. The highest BCUT2D eigenvalue weighted by Crippen LogP contribution is 2.22. The minimum Gasteiger partial charge on any atom is -0.478 e. The maximum atomic E-state index is 11.1. The first-order chi connectivity index (χ1) is 9.04. The van der Waals surface area contributed by atoms with Gasteiger partial charge in [-0.15, -0.1) is 0 Å². The van der Waals surface area contributed by atoms with Gasteiger partial charge in [-0.2, -0.15) is 5.10 Å². The average Bonchev–Trinajstić information content (AvgIpc) is 2.77. The van der Waals surface area contributed by atoms with Crippen LogP contribution in [0.2, 0.25) is 5.02 Å². The summed E-state index contributed by atoms with van der Waals surface area (Å²) in [4.78, 5) is 11.1. The summed E-state index contributed by atoms with van der Waals surface area (Å²) in [6.45, 7) is 2.06. The fourth-order valence-corrected chi connectivity index (χ4v) is 1.94. The molecular formula is C13H13ClN2O3. The highest BCUT2D eigenvalue weighted by Gasteiger charge is 2.17. The van der Waals surface area contributed by atoms with Crippen molar-refractivity contribution in [2.75, 3.05) is 7.11 Å². The zero-order valence-corrected chi connectivity index (χ0v) is 11.3. The zero-order chi connectivity index (χ0) is 14.0. The molecule has 0 bridgehead atoms. The van der Waals surface area contributed by atoms with Crippen molar-refractivity contribution in [1.82, 2.24) is 9.78 Å². The monoisotopic (exact) mass is 280 g/mol.